The minimum Gasteiger partial charge on any atom is -0.399 e. The maximum Gasteiger partial charge on any atom is 0.215 e. The van der Waals surface area contributed by atoms with Crippen molar-refractivity contribution in [2.45, 2.75) is 24.3 Å². The van der Waals surface area contributed by atoms with Gasteiger partial charge >= 0.3 is 0 Å². The summed E-state index contributed by atoms with van der Waals surface area (Å²) in [7, 11) is -4.31. The van der Waals surface area contributed by atoms with Crippen LogP contribution in [-0.2, 0) is 26.6 Å². The average molecular weight is 304 g/mol. The monoisotopic (exact) mass is 304 g/mol. The number of rotatable bonds is 7. The highest BCUT2D eigenvalue weighted by Crippen LogP contribution is 2.09. The van der Waals surface area contributed by atoms with E-state index in [1.165, 1.54) is 0 Å². The third kappa shape index (κ3) is 6.17. The van der Waals surface area contributed by atoms with Crippen molar-refractivity contribution in [1.82, 2.24) is 4.72 Å². The molecule has 2 atom stereocenters. The number of nitrogen functional groups attached to an aromatic ring is 1. The number of nitrogens with one attached hydrogen (secondary N) is 1. The van der Waals surface area contributed by atoms with Gasteiger partial charge in [-0.1, -0.05) is 19.1 Å². The van der Waals surface area contributed by atoms with Crippen LogP contribution in [0.2, 0.25) is 0 Å². The molecule has 0 fully saturated rings. The second kappa shape index (κ2) is 7.02. The van der Waals surface area contributed by atoms with Crippen molar-refractivity contribution in [2.75, 3.05) is 18.5 Å². The zero-order chi connectivity index (χ0) is 14.5. The molecule has 108 valence electrons. The molecule has 0 radical (unpaired) electrons. The van der Waals surface area contributed by atoms with Gasteiger partial charge in [-0.15, -0.1) is 0 Å². The Morgan fingerprint density at radius 2 is 2.11 bits per heavy atom. The number of sulfonamides is 1. The van der Waals surface area contributed by atoms with Crippen LogP contribution in [-0.4, -0.2) is 30.7 Å². The van der Waals surface area contributed by atoms with Gasteiger partial charge in [-0.25, -0.2) is 13.1 Å². The van der Waals surface area contributed by atoms with E-state index in [2.05, 4.69) is 4.72 Å². The van der Waals surface area contributed by atoms with Crippen LogP contribution in [0.1, 0.15) is 18.9 Å². The van der Waals surface area contributed by atoms with E-state index >= 15 is 0 Å². The van der Waals surface area contributed by atoms with Crippen LogP contribution in [0, 0.1) is 0 Å². The Hall–Kier alpha value is -0.920. The van der Waals surface area contributed by atoms with Crippen LogP contribution < -0.4 is 10.5 Å². The molecule has 2 unspecified atom stereocenters. The molecule has 0 saturated heterocycles. The van der Waals surface area contributed by atoms with Crippen molar-refractivity contribution in [3.63, 3.8) is 0 Å². The standard InChI is InChI=1S/C12H20N2O3S2/c1-10(18(2)15)6-7-14-19(16,17)9-11-4-3-5-12(13)8-11/h3-5,8,10,14H,6-7,9,13H2,1-2H3. The lowest BCUT2D eigenvalue weighted by atomic mass is 10.2. The summed E-state index contributed by atoms with van der Waals surface area (Å²) in [5.74, 6) is -0.0956. The van der Waals surface area contributed by atoms with Gasteiger partial charge in [-0.05, 0) is 24.1 Å². The van der Waals surface area contributed by atoms with E-state index in [1.807, 2.05) is 6.92 Å². The fraction of sp³-hybridized carbons (Fsp3) is 0.500. The van der Waals surface area contributed by atoms with Crippen LogP contribution in [0.25, 0.3) is 0 Å². The highest BCUT2D eigenvalue weighted by Gasteiger charge is 2.13. The van der Waals surface area contributed by atoms with E-state index in [4.69, 9.17) is 5.73 Å². The molecule has 0 spiro atoms. The molecule has 0 aliphatic carbocycles. The van der Waals surface area contributed by atoms with Gasteiger partial charge in [0.05, 0.1) is 5.75 Å². The van der Waals surface area contributed by atoms with Crippen molar-refractivity contribution < 1.29 is 12.6 Å². The number of anilines is 1. The molecule has 7 heteroatoms. The first-order valence-electron chi connectivity index (χ1n) is 5.94. The Balaban J connectivity index is 2.51. The van der Waals surface area contributed by atoms with Crippen LogP contribution in [0.15, 0.2) is 24.3 Å². The Morgan fingerprint density at radius 3 is 2.68 bits per heavy atom. The molecule has 19 heavy (non-hydrogen) atoms. The minimum absolute atomic E-state index is 0.0185. The summed E-state index contributed by atoms with van der Waals surface area (Å²) in [6.45, 7) is 2.13. The second-order valence-corrected chi connectivity index (χ2v) is 8.11. The zero-order valence-electron chi connectivity index (χ0n) is 11.1. The summed E-state index contributed by atoms with van der Waals surface area (Å²) in [6, 6.07) is 6.80. The van der Waals surface area contributed by atoms with E-state index in [1.54, 1.807) is 30.5 Å². The molecule has 0 aliphatic heterocycles. The summed E-state index contributed by atoms with van der Waals surface area (Å²) < 4.78 is 37.3. The van der Waals surface area contributed by atoms with E-state index in [0.29, 0.717) is 24.2 Å². The molecule has 0 bridgehead atoms. The average Bonchev–Trinajstić information content (AvgIpc) is 2.27. The van der Waals surface area contributed by atoms with Gasteiger partial charge in [0.25, 0.3) is 0 Å². The molecule has 1 aromatic carbocycles. The summed E-state index contributed by atoms with van der Waals surface area (Å²) in [4.78, 5) is 0. The fourth-order valence-corrected chi connectivity index (χ4v) is 3.14. The maximum absolute atomic E-state index is 11.8. The van der Waals surface area contributed by atoms with Crippen LogP contribution in [0.4, 0.5) is 5.69 Å². The SMILES string of the molecule is CC(CCNS(=O)(=O)Cc1cccc(N)c1)S(C)=O. The fourth-order valence-electron chi connectivity index (χ4n) is 1.54. The molecule has 0 amide bonds. The summed E-state index contributed by atoms with van der Waals surface area (Å²) in [5.41, 5.74) is 6.80. The van der Waals surface area contributed by atoms with Gasteiger partial charge in [-0.2, -0.15) is 0 Å². The Bertz CT molecular complexity index is 544. The third-order valence-corrected chi connectivity index (χ3v) is 5.47. The highest BCUT2D eigenvalue weighted by molar-refractivity contribution is 7.88. The summed E-state index contributed by atoms with van der Waals surface area (Å²) >= 11 is 0. The van der Waals surface area contributed by atoms with Gasteiger partial charge in [0.1, 0.15) is 0 Å². The number of benzene rings is 1. The Labute approximate surface area is 117 Å². The molecule has 0 aliphatic rings. The first-order valence-corrected chi connectivity index (χ1v) is 9.21. The molecular weight excluding hydrogens is 284 g/mol. The Morgan fingerprint density at radius 1 is 1.42 bits per heavy atom. The second-order valence-electron chi connectivity index (χ2n) is 4.50. The number of hydrogen-bond donors (Lipinski definition) is 2. The minimum atomic E-state index is -3.38. The predicted octanol–water partition coefficient (Wildman–Crippen LogP) is 0.845. The van der Waals surface area contributed by atoms with Crippen molar-refractivity contribution in [3.8, 4) is 0 Å². The molecule has 3 N–H and O–H groups in total. The van der Waals surface area contributed by atoms with E-state index in [9.17, 15) is 12.6 Å². The maximum atomic E-state index is 11.8. The van der Waals surface area contributed by atoms with E-state index < -0.39 is 20.8 Å². The lowest BCUT2D eigenvalue weighted by Gasteiger charge is -2.10. The van der Waals surface area contributed by atoms with Crippen LogP contribution >= 0.6 is 0 Å². The molecule has 1 rings (SSSR count). The highest BCUT2D eigenvalue weighted by atomic mass is 32.2. The molecule has 0 saturated carbocycles. The molecule has 5 nitrogen and oxygen atoms in total. The van der Waals surface area contributed by atoms with Gasteiger partial charge in [0.2, 0.25) is 10.0 Å². The van der Waals surface area contributed by atoms with Crippen molar-refractivity contribution in [3.05, 3.63) is 29.8 Å². The molecular formula is C12H20N2O3S2. The quantitative estimate of drug-likeness (QED) is 0.731. The lowest BCUT2D eigenvalue weighted by molar-refractivity contribution is 0.577. The van der Waals surface area contributed by atoms with Crippen LogP contribution in [0.3, 0.4) is 0 Å². The van der Waals surface area contributed by atoms with Crippen molar-refractivity contribution in [2.24, 2.45) is 0 Å². The van der Waals surface area contributed by atoms with Gasteiger partial charge in [0, 0.05) is 34.5 Å². The molecule has 0 aromatic heterocycles. The largest absolute Gasteiger partial charge is 0.399 e. The first-order chi connectivity index (χ1) is 8.80. The normalized spacial score (nSPS) is 15.1. The van der Waals surface area contributed by atoms with Gasteiger partial charge in [0.15, 0.2) is 0 Å². The summed E-state index contributed by atoms with van der Waals surface area (Å²) in [6.07, 6.45) is 2.17. The summed E-state index contributed by atoms with van der Waals surface area (Å²) in [5, 5.41) is -0.0185. The van der Waals surface area contributed by atoms with E-state index in [-0.39, 0.29) is 11.0 Å². The number of nitrogens with two attached hydrogens (primary N) is 1. The smallest absolute Gasteiger partial charge is 0.215 e. The third-order valence-electron chi connectivity index (χ3n) is 2.75. The van der Waals surface area contributed by atoms with Gasteiger partial charge in [-0.3, -0.25) is 4.21 Å². The first kappa shape index (κ1) is 16.1. The van der Waals surface area contributed by atoms with Crippen LogP contribution in [0.5, 0.6) is 0 Å². The van der Waals surface area contributed by atoms with Crippen molar-refractivity contribution in [1.29, 1.82) is 0 Å². The zero-order valence-corrected chi connectivity index (χ0v) is 12.8. The van der Waals surface area contributed by atoms with E-state index in [0.717, 1.165) is 0 Å². The molecule has 1 aromatic rings. The topological polar surface area (TPSA) is 89.3 Å². The lowest BCUT2D eigenvalue weighted by Crippen LogP contribution is -2.28. The van der Waals surface area contributed by atoms with Crippen molar-refractivity contribution >= 4 is 26.5 Å². The molecule has 0 heterocycles. The predicted molar refractivity (Wildman–Crippen MR) is 79.6 cm³/mol. The van der Waals surface area contributed by atoms with Gasteiger partial charge < -0.3 is 5.73 Å². The Kier molecular flexibility index (Phi) is 5.96. The number of hydrogen-bond acceptors (Lipinski definition) is 4.